The Morgan fingerprint density at radius 1 is 1.64 bits per heavy atom. The summed E-state index contributed by atoms with van der Waals surface area (Å²) >= 11 is 0. The molecule has 2 rings (SSSR count). The molecule has 0 spiro atoms. The predicted octanol–water partition coefficient (Wildman–Crippen LogP) is 2.20. The van der Waals surface area contributed by atoms with Gasteiger partial charge in [0, 0.05) is 6.54 Å². The lowest BCUT2D eigenvalue weighted by Gasteiger charge is -2.38. The Balaban J connectivity index is 1.84. The second kappa shape index (κ2) is 3.48. The number of furan rings is 1. The van der Waals surface area contributed by atoms with E-state index < -0.39 is 0 Å². The molecule has 0 radical (unpaired) electrons. The van der Waals surface area contributed by atoms with E-state index in [0.29, 0.717) is 11.2 Å². The maximum Gasteiger partial charge on any atom is 0.286 e. The smallest absolute Gasteiger partial charge is 0.286 e. The molecule has 0 bridgehead atoms. The van der Waals surface area contributed by atoms with Crippen LogP contribution in [0.1, 0.15) is 36.7 Å². The lowest BCUT2D eigenvalue weighted by Crippen LogP contribution is -2.39. The number of rotatable bonds is 3. The molecular weight excluding hydrogens is 178 g/mol. The normalized spacial score (nSPS) is 18.6. The quantitative estimate of drug-likeness (QED) is 0.799. The fourth-order valence-electron chi connectivity index (χ4n) is 1.75. The van der Waals surface area contributed by atoms with Crippen LogP contribution in [0, 0.1) is 5.41 Å². The zero-order chi connectivity index (χ0) is 10.0. The van der Waals surface area contributed by atoms with Crippen LogP contribution >= 0.6 is 0 Å². The lowest BCUT2D eigenvalue weighted by molar-refractivity contribution is 0.0864. The molecule has 1 amide bonds. The van der Waals surface area contributed by atoms with E-state index in [1.165, 1.54) is 25.5 Å². The average Bonchev–Trinajstić information content (AvgIpc) is 2.63. The molecule has 1 fully saturated rings. The molecule has 1 saturated carbocycles. The van der Waals surface area contributed by atoms with Gasteiger partial charge in [0.25, 0.3) is 5.91 Å². The molecule has 3 nitrogen and oxygen atoms in total. The zero-order valence-corrected chi connectivity index (χ0v) is 8.38. The molecule has 0 saturated heterocycles. The standard InChI is InChI=1S/C11H15NO2/c1-11(5-3-6-11)8-12-10(13)9-4-2-7-14-9/h2,4,7H,3,5-6,8H2,1H3,(H,12,13). The van der Waals surface area contributed by atoms with Crippen molar-refractivity contribution in [1.29, 1.82) is 0 Å². The average molecular weight is 193 g/mol. The lowest BCUT2D eigenvalue weighted by atomic mass is 9.70. The van der Waals surface area contributed by atoms with Gasteiger partial charge in [-0.3, -0.25) is 4.79 Å². The number of hydrogen-bond donors (Lipinski definition) is 1. The van der Waals surface area contributed by atoms with Gasteiger partial charge in [0.2, 0.25) is 0 Å². The Labute approximate surface area is 83.5 Å². The Morgan fingerprint density at radius 3 is 2.93 bits per heavy atom. The number of carbonyl (C=O) groups is 1. The molecule has 0 atom stereocenters. The monoisotopic (exact) mass is 193 g/mol. The van der Waals surface area contributed by atoms with Crippen molar-refractivity contribution in [2.45, 2.75) is 26.2 Å². The molecule has 3 heteroatoms. The Morgan fingerprint density at radius 2 is 2.43 bits per heavy atom. The minimum absolute atomic E-state index is 0.108. The highest BCUT2D eigenvalue weighted by molar-refractivity contribution is 5.91. The van der Waals surface area contributed by atoms with Gasteiger partial charge in [-0.05, 0) is 30.4 Å². The van der Waals surface area contributed by atoms with Gasteiger partial charge in [-0.15, -0.1) is 0 Å². The summed E-state index contributed by atoms with van der Waals surface area (Å²) in [6.45, 7) is 2.96. The Bertz CT molecular complexity index is 312. The highest BCUT2D eigenvalue weighted by Gasteiger charge is 2.32. The fourth-order valence-corrected chi connectivity index (χ4v) is 1.75. The van der Waals surface area contributed by atoms with E-state index in [1.54, 1.807) is 12.1 Å². The molecule has 0 aromatic carbocycles. The van der Waals surface area contributed by atoms with Gasteiger partial charge < -0.3 is 9.73 Å². The number of amides is 1. The summed E-state index contributed by atoms with van der Waals surface area (Å²) in [5, 5.41) is 2.89. The Kier molecular flexibility index (Phi) is 2.32. The molecule has 1 heterocycles. The van der Waals surface area contributed by atoms with Crippen LogP contribution < -0.4 is 5.32 Å². The molecule has 1 aliphatic rings. The molecule has 1 N–H and O–H groups in total. The number of carbonyl (C=O) groups excluding carboxylic acids is 1. The minimum atomic E-state index is -0.108. The van der Waals surface area contributed by atoms with Crippen LogP contribution in [-0.2, 0) is 0 Å². The van der Waals surface area contributed by atoms with Crippen LogP contribution in [0.2, 0.25) is 0 Å². The van der Waals surface area contributed by atoms with Crippen molar-refractivity contribution in [3.8, 4) is 0 Å². The first kappa shape index (κ1) is 9.31. The van der Waals surface area contributed by atoms with Crippen molar-refractivity contribution in [3.63, 3.8) is 0 Å². The third kappa shape index (κ3) is 1.81. The van der Waals surface area contributed by atoms with E-state index in [-0.39, 0.29) is 5.91 Å². The van der Waals surface area contributed by atoms with Crippen molar-refractivity contribution in [2.75, 3.05) is 6.54 Å². The minimum Gasteiger partial charge on any atom is -0.459 e. The van der Waals surface area contributed by atoms with Gasteiger partial charge >= 0.3 is 0 Å². The van der Waals surface area contributed by atoms with Crippen molar-refractivity contribution < 1.29 is 9.21 Å². The summed E-state index contributed by atoms with van der Waals surface area (Å²) in [6, 6.07) is 3.40. The topological polar surface area (TPSA) is 42.2 Å². The first-order valence-electron chi connectivity index (χ1n) is 5.01. The van der Waals surface area contributed by atoms with Crippen LogP contribution in [0.3, 0.4) is 0 Å². The van der Waals surface area contributed by atoms with Crippen LogP contribution in [-0.4, -0.2) is 12.5 Å². The second-order valence-electron chi connectivity index (χ2n) is 4.32. The first-order chi connectivity index (χ1) is 6.70. The van der Waals surface area contributed by atoms with E-state index in [9.17, 15) is 4.79 Å². The molecule has 0 aliphatic heterocycles. The molecular formula is C11H15NO2. The second-order valence-corrected chi connectivity index (χ2v) is 4.32. The summed E-state index contributed by atoms with van der Waals surface area (Å²) in [7, 11) is 0. The number of hydrogen-bond acceptors (Lipinski definition) is 2. The maximum absolute atomic E-state index is 11.5. The van der Waals surface area contributed by atoms with Crippen molar-refractivity contribution in [1.82, 2.24) is 5.32 Å². The fraction of sp³-hybridized carbons (Fsp3) is 0.545. The van der Waals surface area contributed by atoms with Crippen LogP contribution in [0.4, 0.5) is 0 Å². The van der Waals surface area contributed by atoms with Crippen molar-refractivity contribution in [3.05, 3.63) is 24.2 Å². The summed E-state index contributed by atoms with van der Waals surface area (Å²) in [4.78, 5) is 11.5. The van der Waals surface area contributed by atoms with E-state index >= 15 is 0 Å². The van der Waals surface area contributed by atoms with Crippen LogP contribution in [0.5, 0.6) is 0 Å². The summed E-state index contributed by atoms with van der Waals surface area (Å²) in [5.41, 5.74) is 0.322. The third-order valence-electron chi connectivity index (χ3n) is 2.98. The number of nitrogens with one attached hydrogen (secondary N) is 1. The van der Waals surface area contributed by atoms with Crippen molar-refractivity contribution in [2.24, 2.45) is 5.41 Å². The largest absolute Gasteiger partial charge is 0.459 e. The van der Waals surface area contributed by atoms with Crippen molar-refractivity contribution >= 4 is 5.91 Å². The summed E-state index contributed by atoms with van der Waals surface area (Å²) < 4.78 is 5.00. The van der Waals surface area contributed by atoms with E-state index in [4.69, 9.17) is 4.42 Å². The SMILES string of the molecule is CC1(CNC(=O)c2ccco2)CCC1. The predicted molar refractivity (Wildman–Crippen MR) is 53.0 cm³/mol. The van der Waals surface area contributed by atoms with Gasteiger partial charge in [0.05, 0.1) is 6.26 Å². The van der Waals surface area contributed by atoms with Gasteiger partial charge in [-0.25, -0.2) is 0 Å². The molecule has 0 unspecified atom stereocenters. The summed E-state index contributed by atoms with van der Waals surface area (Å²) in [5.74, 6) is 0.288. The first-order valence-corrected chi connectivity index (χ1v) is 5.01. The Hall–Kier alpha value is -1.25. The molecule has 1 aliphatic carbocycles. The molecule has 1 aromatic heterocycles. The van der Waals surface area contributed by atoms with Gasteiger partial charge in [0.15, 0.2) is 5.76 Å². The van der Waals surface area contributed by atoms with E-state index in [1.807, 2.05) is 0 Å². The van der Waals surface area contributed by atoms with Crippen LogP contribution in [0.25, 0.3) is 0 Å². The van der Waals surface area contributed by atoms with E-state index in [0.717, 1.165) is 6.54 Å². The third-order valence-corrected chi connectivity index (χ3v) is 2.98. The van der Waals surface area contributed by atoms with Gasteiger partial charge in [-0.2, -0.15) is 0 Å². The van der Waals surface area contributed by atoms with Gasteiger partial charge in [-0.1, -0.05) is 13.3 Å². The molecule has 1 aromatic rings. The molecule has 14 heavy (non-hydrogen) atoms. The van der Waals surface area contributed by atoms with Gasteiger partial charge in [0.1, 0.15) is 0 Å². The van der Waals surface area contributed by atoms with E-state index in [2.05, 4.69) is 12.2 Å². The highest BCUT2D eigenvalue weighted by atomic mass is 16.3. The zero-order valence-electron chi connectivity index (χ0n) is 8.38. The van der Waals surface area contributed by atoms with Crippen LogP contribution in [0.15, 0.2) is 22.8 Å². The maximum atomic E-state index is 11.5. The summed E-state index contributed by atoms with van der Waals surface area (Å²) in [6.07, 6.45) is 5.23. The highest BCUT2D eigenvalue weighted by Crippen LogP contribution is 2.39. The molecule has 76 valence electrons.